The highest BCUT2D eigenvalue weighted by Crippen LogP contribution is 2.37. The van der Waals surface area contributed by atoms with Crippen molar-refractivity contribution in [3.63, 3.8) is 0 Å². The number of carbonyl (C=O) groups is 4. The maximum absolute atomic E-state index is 15.0. The van der Waals surface area contributed by atoms with Crippen LogP contribution in [0.2, 0.25) is 5.02 Å². The minimum absolute atomic E-state index is 0.0175. The summed E-state index contributed by atoms with van der Waals surface area (Å²) in [4.78, 5) is 51.8. The van der Waals surface area contributed by atoms with Gasteiger partial charge in [0, 0.05) is 22.5 Å². The highest BCUT2D eigenvalue weighted by Gasteiger charge is 2.33. The van der Waals surface area contributed by atoms with Gasteiger partial charge >= 0.3 is 11.9 Å². The van der Waals surface area contributed by atoms with E-state index in [0.717, 1.165) is 22.7 Å². The Labute approximate surface area is 207 Å². The van der Waals surface area contributed by atoms with Crippen molar-refractivity contribution in [2.75, 3.05) is 18.6 Å². The van der Waals surface area contributed by atoms with Gasteiger partial charge in [-0.3, -0.25) is 14.4 Å². The van der Waals surface area contributed by atoms with Crippen LogP contribution in [0.3, 0.4) is 0 Å². The maximum Gasteiger partial charge on any atom is 0.334 e. The van der Waals surface area contributed by atoms with Crippen LogP contribution >= 0.6 is 23.4 Å². The molecular weight excluding hydrogens is 485 g/mol. The molecule has 1 unspecified atom stereocenters. The molecule has 0 aliphatic heterocycles. The summed E-state index contributed by atoms with van der Waals surface area (Å²) in [6.45, 7) is 6.61. The second kappa shape index (κ2) is 12.7. The average molecular weight is 512 g/mol. The van der Waals surface area contributed by atoms with E-state index in [0.29, 0.717) is 24.2 Å². The number of thioether (sulfide) groups is 1. The molecule has 1 aromatic rings. The Bertz CT molecular complexity index is 1020. The molecule has 10 heteroatoms. The summed E-state index contributed by atoms with van der Waals surface area (Å²) < 4.78 is 24.9. The van der Waals surface area contributed by atoms with Crippen LogP contribution in [0.15, 0.2) is 40.8 Å². The van der Waals surface area contributed by atoms with Crippen LogP contribution in [-0.4, -0.2) is 42.7 Å². The highest BCUT2D eigenvalue weighted by molar-refractivity contribution is 8.00. The third kappa shape index (κ3) is 6.48. The molecule has 1 atom stereocenters. The first-order valence-corrected chi connectivity index (χ1v) is 12.0. The van der Waals surface area contributed by atoms with E-state index in [1.54, 1.807) is 13.8 Å². The van der Waals surface area contributed by atoms with Gasteiger partial charge in [0.05, 0.1) is 17.8 Å². The van der Waals surface area contributed by atoms with Crippen molar-refractivity contribution >= 4 is 52.8 Å². The van der Waals surface area contributed by atoms with Gasteiger partial charge in [0.1, 0.15) is 17.7 Å². The second-order valence-corrected chi connectivity index (χ2v) is 9.25. The zero-order valence-corrected chi connectivity index (χ0v) is 20.9. The largest absolute Gasteiger partial charge is 0.468 e. The number of anilines is 1. The minimum atomic E-state index is -0.887. The zero-order chi connectivity index (χ0) is 25.4. The molecule has 0 saturated heterocycles. The smallest absolute Gasteiger partial charge is 0.334 e. The molecule has 184 valence electrons. The lowest BCUT2D eigenvalue weighted by molar-refractivity contribution is -0.140. The summed E-state index contributed by atoms with van der Waals surface area (Å²) in [5.74, 6) is -3.50. The lowest BCUT2D eigenvalue weighted by atomic mass is 9.90. The number of amides is 2. The second-order valence-electron chi connectivity index (χ2n) is 7.46. The van der Waals surface area contributed by atoms with E-state index in [-0.39, 0.29) is 41.3 Å². The van der Waals surface area contributed by atoms with E-state index < -0.39 is 34.8 Å². The molecule has 34 heavy (non-hydrogen) atoms. The third-order valence-electron chi connectivity index (χ3n) is 5.14. The van der Waals surface area contributed by atoms with Crippen molar-refractivity contribution in [2.24, 2.45) is 0 Å². The third-order valence-corrected chi connectivity index (χ3v) is 6.70. The first kappa shape index (κ1) is 27.6. The number of methoxy groups -OCH3 is 1. The first-order valence-electron chi connectivity index (χ1n) is 10.8. The quantitative estimate of drug-likeness (QED) is 0.262. The van der Waals surface area contributed by atoms with E-state index >= 15 is 4.39 Å². The fourth-order valence-corrected chi connectivity index (χ4v) is 4.63. The van der Waals surface area contributed by atoms with Gasteiger partial charge in [-0.25, -0.2) is 14.1 Å². The molecule has 0 bridgehead atoms. The van der Waals surface area contributed by atoms with Crippen LogP contribution in [0.4, 0.5) is 10.1 Å². The SMILES string of the molecule is C=CCOC(=O)C1=C(C(=O)N(C(=O)CC)c2cc(SC(C)C(=O)OC)c(Cl)cc2F)CCCC1. The fourth-order valence-electron chi connectivity index (χ4n) is 3.42. The van der Waals surface area contributed by atoms with Crippen LogP contribution < -0.4 is 4.90 Å². The van der Waals surface area contributed by atoms with Crippen LogP contribution in [0.1, 0.15) is 46.0 Å². The molecule has 0 spiro atoms. The van der Waals surface area contributed by atoms with Crippen LogP contribution in [0, 0.1) is 5.82 Å². The Morgan fingerprint density at radius 1 is 1.24 bits per heavy atom. The van der Waals surface area contributed by atoms with Gasteiger partial charge in [-0.1, -0.05) is 31.2 Å². The Morgan fingerprint density at radius 3 is 2.47 bits per heavy atom. The first-order chi connectivity index (χ1) is 16.2. The molecule has 0 heterocycles. The molecule has 0 saturated carbocycles. The van der Waals surface area contributed by atoms with Crippen molar-refractivity contribution in [1.29, 1.82) is 0 Å². The predicted octanol–water partition coefficient (Wildman–Crippen LogP) is 5.00. The molecule has 0 radical (unpaired) electrons. The van der Waals surface area contributed by atoms with Gasteiger partial charge < -0.3 is 9.47 Å². The van der Waals surface area contributed by atoms with Crippen LogP contribution in [0.5, 0.6) is 0 Å². The lowest BCUT2D eigenvalue weighted by Gasteiger charge is -2.26. The van der Waals surface area contributed by atoms with Gasteiger partial charge in [-0.2, -0.15) is 0 Å². The lowest BCUT2D eigenvalue weighted by Crippen LogP contribution is -2.39. The van der Waals surface area contributed by atoms with Crippen molar-refractivity contribution < 1.29 is 33.0 Å². The molecule has 0 aromatic heterocycles. The number of rotatable bonds is 9. The van der Waals surface area contributed by atoms with Crippen LogP contribution in [0.25, 0.3) is 0 Å². The van der Waals surface area contributed by atoms with Crippen LogP contribution in [-0.2, 0) is 28.7 Å². The number of hydrogen-bond donors (Lipinski definition) is 0. The Balaban J connectivity index is 2.56. The normalized spacial score (nSPS) is 14.3. The molecule has 2 amide bonds. The molecule has 0 fully saturated rings. The van der Waals surface area contributed by atoms with Crippen molar-refractivity contribution in [2.45, 2.75) is 56.1 Å². The summed E-state index contributed by atoms with van der Waals surface area (Å²) in [5, 5.41) is -0.650. The topological polar surface area (TPSA) is 90.0 Å². The summed E-state index contributed by atoms with van der Waals surface area (Å²) in [5.41, 5.74) is -0.0124. The molecule has 7 nitrogen and oxygen atoms in total. The minimum Gasteiger partial charge on any atom is -0.468 e. The Hall–Kier alpha value is -2.65. The number of imide groups is 1. The number of carbonyl (C=O) groups excluding carboxylic acids is 4. The monoisotopic (exact) mass is 511 g/mol. The number of halogens is 2. The number of benzene rings is 1. The van der Waals surface area contributed by atoms with Gasteiger partial charge in [-0.15, -0.1) is 11.8 Å². The predicted molar refractivity (Wildman–Crippen MR) is 128 cm³/mol. The summed E-state index contributed by atoms with van der Waals surface area (Å²) in [6.07, 6.45) is 3.20. The van der Waals surface area contributed by atoms with Crippen molar-refractivity contribution in [3.05, 3.63) is 46.8 Å². The Kier molecular flexibility index (Phi) is 10.3. The van der Waals surface area contributed by atoms with Gasteiger partial charge in [0.15, 0.2) is 0 Å². The number of esters is 2. The summed E-state index contributed by atoms with van der Waals surface area (Å²) >= 11 is 7.18. The number of nitrogens with zero attached hydrogens (tertiary/aromatic N) is 1. The molecule has 1 aromatic carbocycles. The van der Waals surface area contributed by atoms with E-state index in [1.807, 2.05) is 0 Å². The molecule has 1 aliphatic rings. The van der Waals surface area contributed by atoms with E-state index in [2.05, 4.69) is 6.58 Å². The molecule has 2 rings (SSSR count). The van der Waals surface area contributed by atoms with Gasteiger partial charge in [0.2, 0.25) is 5.91 Å². The maximum atomic E-state index is 15.0. The fraction of sp³-hybridized carbons (Fsp3) is 0.417. The highest BCUT2D eigenvalue weighted by atomic mass is 35.5. The zero-order valence-electron chi connectivity index (χ0n) is 19.3. The Morgan fingerprint density at radius 2 is 1.88 bits per heavy atom. The van der Waals surface area contributed by atoms with Gasteiger partial charge in [-0.05, 0) is 44.7 Å². The van der Waals surface area contributed by atoms with Crippen molar-refractivity contribution in [1.82, 2.24) is 0 Å². The number of hydrogen-bond acceptors (Lipinski definition) is 7. The molecule has 1 aliphatic carbocycles. The number of ether oxygens (including phenoxy) is 2. The average Bonchev–Trinajstić information content (AvgIpc) is 2.84. The van der Waals surface area contributed by atoms with E-state index in [4.69, 9.17) is 21.1 Å². The standard InChI is InChI=1S/C24H27ClFNO6S/c1-5-11-33-24(31)16-10-8-7-9-15(16)22(29)27(21(28)6-2)19-13-20(17(25)12-18(19)26)34-14(3)23(30)32-4/h5,12-14H,1,6-11H2,2-4H3. The molecular formula is C24H27ClFNO6S. The van der Waals surface area contributed by atoms with Gasteiger partial charge in [0.25, 0.3) is 5.91 Å². The van der Waals surface area contributed by atoms with Crippen molar-refractivity contribution in [3.8, 4) is 0 Å². The molecule has 0 N–H and O–H groups in total. The van der Waals surface area contributed by atoms with E-state index in [9.17, 15) is 19.2 Å². The summed E-state index contributed by atoms with van der Waals surface area (Å²) in [6, 6.07) is 2.24. The summed E-state index contributed by atoms with van der Waals surface area (Å²) in [7, 11) is 1.24. The van der Waals surface area contributed by atoms with E-state index in [1.165, 1.54) is 19.3 Å².